The van der Waals surface area contributed by atoms with Crippen molar-refractivity contribution in [2.24, 2.45) is 7.05 Å². The lowest BCUT2D eigenvalue weighted by Crippen LogP contribution is -2.10. The molecule has 0 spiro atoms. The highest BCUT2D eigenvalue weighted by molar-refractivity contribution is 7.91. The molecule has 0 fully saturated rings. The average Bonchev–Trinajstić information content (AvgIpc) is 2.58. The van der Waals surface area contributed by atoms with Gasteiger partial charge in [-0.2, -0.15) is 0 Å². The van der Waals surface area contributed by atoms with Gasteiger partial charge in [0.15, 0.2) is 0 Å². The number of aromatic nitrogens is 2. The van der Waals surface area contributed by atoms with E-state index in [2.05, 4.69) is 4.98 Å². The molecular weight excluding hydrogens is 212 g/mol. The Morgan fingerprint density at radius 2 is 2.00 bits per heavy atom. The Bertz CT molecular complexity index is 599. The van der Waals surface area contributed by atoms with Crippen molar-refractivity contribution in [1.29, 1.82) is 0 Å². The molecule has 80 valence electrons. The Hall–Kier alpha value is -1.36. The van der Waals surface area contributed by atoms with Crippen LogP contribution in [0.1, 0.15) is 6.92 Å². The summed E-state index contributed by atoms with van der Waals surface area (Å²) in [5, 5.41) is 0.145. The van der Waals surface area contributed by atoms with Crippen molar-refractivity contribution in [2.75, 3.05) is 5.75 Å². The van der Waals surface area contributed by atoms with Crippen LogP contribution >= 0.6 is 0 Å². The van der Waals surface area contributed by atoms with E-state index >= 15 is 0 Å². The van der Waals surface area contributed by atoms with E-state index in [1.165, 1.54) is 0 Å². The van der Waals surface area contributed by atoms with Crippen molar-refractivity contribution >= 4 is 20.9 Å². The fourth-order valence-corrected chi connectivity index (χ4v) is 2.54. The van der Waals surface area contributed by atoms with Crippen LogP contribution in [0.4, 0.5) is 0 Å². The number of imidazole rings is 1. The van der Waals surface area contributed by atoms with Gasteiger partial charge in [0.1, 0.15) is 0 Å². The van der Waals surface area contributed by atoms with Crippen molar-refractivity contribution in [3.63, 3.8) is 0 Å². The third kappa shape index (κ3) is 1.52. The predicted octanol–water partition coefficient (Wildman–Crippen LogP) is 1.37. The van der Waals surface area contributed by atoms with E-state index in [4.69, 9.17) is 0 Å². The van der Waals surface area contributed by atoms with Gasteiger partial charge in [-0.3, -0.25) is 0 Å². The summed E-state index contributed by atoms with van der Waals surface area (Å²) in [4.78, 5) is 4.13. The molecule has 2 rings (SSSR count). The van der Waals surface area contributed by atoms with Gasteiger partial charge in [-0.05, 0) is 12.1 Å². The van der Waals surface area contributed by atoms with E-state index in [1.54, 1.807) is 18.5 Å². The van der Waals surface area contributed by atoms with Gasteiger partial charge >= 0.3 is 0 Å². The highest BCUT2D eigenvalue weighted by Gasteiger charge is 2.19. The molecular formula is C10H12N2O2S. The third-order valence-corrected chi connectivity index (χ3v) is 4.09. The minimum absolute atomic E-state index is 0.0736. The SMILES string of the molecule is CCS(=O)(=O)c1nc2ccccc2n1C. The summed E-state index contributed by atoms with van der Waals surface area (Å²) in [6.07, 6.45) is 0. The zero-order chi connectivity index (χ0) is 11.1. The molecule has 15 heavy (non-hydrogen) atoms. The lowest BCUT2D eigenvalue weighted by molar-refractivity contribution is 0.582. The molecule has 0 aliphatic carbocycles. The fourth-order valence-electron chi connectivity index (χ4n) is 1.53. The first-order valence-corrected chi connectivity index (χ1v) is 6.35. The van der Waals surface area contributed by atoms with Crippen LogP contribution in [0.3, 0.4) is 0 Å². The smallest absolute Gasteiger partial charge is 0.228 e. The Labute approximate surface area is 88.5 Å². The second-order valence-electron chi connectivity index (χ2n) is 3.35. The van der Waals surface area contributed by atoms with Gasteiger partial charge in [0, 0.05) is 7.05 Å². The first-order chi connectivity index (χ1) is 7.06. The summed E-state index contributed by atoms with van der Waals surface area (Å²) in [6.45, 7) is 1.62. The molecule has 5 heteroatoms. The fraction of sp³-hybridized carbons (Fsp3) is 0.300. The lowest BCUT2D eigenvalue weighted by Gasteiger charge is -2.00. The Morgan fingerprint density at radius 1 is 1.33 bits per heavy atom. The molecule has 2 aromatic rings. The van der Waals surface area contributed by atoms with Crippen LogP contribution in [0, 0.1) is 0 Å². The number of benzene rings is 1. The van der Waals surface area contributed by atoms with Crippen LogP contribution in [-0.4, -0.2) is 23.7 Å². The molecule has 0 saturated heterocycles. The summed E-state index contributed by atoms with van der Waals surface area (Å²) >= 11 is 0. The van der Waals surface area contributed by atoms with E-state index in [9.17, 15) is 8.42 Å². The molecule has 1 aromatic carbocycles. The largest absolute Gasteiger partial charge is 0.318 e. The highest BCUT2D eigenvalue weighted by Crippen LogP contribution is 2.18. The van der Waals surface area contributed by atoms with Gasteiger partial charge in [-0.15, -0.1) is 0 Å². The normalized spacial score (nSPS) is 12.1. The van der Waals surface area contributed by atoms with Gasteiger partial charge in [0.05, 0.1) is 16.8 Å². The predicted molar refractivity (Wildman–Crippen MR) is 58.4 cm³/mol. The summed E-state index contributed by atoms with van der Waals surface area (Å²) in [7, 11) is -1.52. The van der Waals surface area contributed by atoms with Gasteiger partial charge in [-0.1, -0.05) is 19.1 Å². The number of sulfone groups is 1. The third-order valence-electron chi connectivity index (χ3n) is 2.40. The van der Waals surface area contributed by atoms with Crippen LogP contribution < -0.4 is 0 Å². The molecule has 1 aromatic heterocycles. The van der Waals surface area contributed by atoms with Crippen LogP contribution in [0.2, 0.25) is 0 Å². The summed E-state index contributed by atoms with van der Waals surface area (Å²) in [5.41, 5.74) is 1.55. The molecule has 0 aliphatic heterocycles. The monoisotopic (exact) mass is 224 g/mol. The molecule has 1 heterocycles. The second-order valence-corrected chi connectivity index (χ2v) is 5.52. The van der Waals surface area contributed by atoms with Crippen LogP contribution in [0.15, 0.2) is 29.4 Å². The molecule has 0 aliphatic rings. The summed E-state index contributed by atoms with van der Waals surface area (Å²) in [5.74, 6) is 0.0736. The van der Waals surface area contributed by atoms with Crippen molar-refractivity contribution in [1.82, 2.24) is 9.55 Å². The van der Waals surface area contributed by atoms with Crippen molar-refractivity contribution in [3.05, 3.63) is 24.3 Å². The van der Waals surface area contributed by atoms with E-state index in [0.717, 1.165) is 5.52 Å². The maximum Gasteiger partial charge on any atom is 0.228 e. The first-order valence-electron chi connectivity index (χ1n) is 4.70. The van der Waals surface area contributed by atoms with Crippen LogP contribution in [-0.2, 0) is 16.9 Å². The van der Waals surface area contributed by atoms with Crippen LogP contribution in [0.25, 0.3) is 11.0 Å². The topological polar surface area (TPSA) is 52.0 Å². The summed E-state index contributed by atoms with van der Waals surface area (Å²) < 4.78 is 25.0. The number of fused-ring (bicyclic) bond motifs is 1. The molecule has 0 radical (unpaired) electrons. The van der Waals surface area contributed by atoms with Crippen LogP contribution in [0.5, 0.6) is 0 Å². The van der Waals surface area contributed by atoms with E-state index in [1.807, 2.05) is 24.3 Å². The number of nitrogens with zero attached hydrogens (tertiary/aromatic N) is 2. The molecule has 0 saturated carbocycles. The Morgan fingerprint density at radius 3 is 2.60 bits per heavy atom. The molecule has 4 nitrogen and oxygen atoms in total. The van der Waals surface area contributed by atoms with E-state index in [-0.39, 0.29) is 10.9 Å². The number of hydrogen-bond acceptors (Lipinski definition) is 3. The Kier molecular flexibility index (Phi) is 2.26. The molecule has 0 atom stereocenters. The van der Waals surface area contributed by atoms with Gasteiger partial charge in [-0.25, -0.2) is 13.4 Å². The maximum atomic E-state index is 11.7. The first kappa shape index (κ1) is 10.2. The van der Waals surface area contributed by atoms with E-state index < -0.39 is 9.84 Å². The number of rotatable bonds is 2. The summed E-state index contributed by atoms with van der Waals surface area (Å²) in [6, 6.07) is 7.38. The Balaban J connectivity index is 2.80. The molecule has 0 N–H and O–H groups in total. The average molecular weight is 224 g/mol. The van der Waals surface area contributed by atoms with Crippen molar-refractivity contribution in [3.8, 4) is 0 Å². The van der Waals surface area contributed by atoms with Crippen molar-refractivity contribution < 1.29 is 8.42 Å². The zero-order valence-corrected chi connectivity index (χ0v) is 9.45. The molecule has 0 bridgehead atoms. The van der Waals surface area contributed by atoms with Gasteiger partial charge in [0.2, 0.25) is 15.0 Å². The number of para-hydroxylation sites is 2. The van der Waals surface area contributed by atoms with Gasteiger partial charge < -0.3 is 4.57 Å². The lowest BCUT2D eigenvalue weighted by atomic mass is 10.3. The maximum absolute atomic E-state index is 11.7. The van der Waals surface area contributed by atoms with Crippen molar-refractivity contribution in [2.45, 2.75) is 12.1 Å². The highest BCUT2D eigenvalue weighted by atomic mass is 32.2. The van der Waals surface area contributed by atoms with Gasteiger partial charge in [0.25, 0.3) is 0 Å². The van der Waals surface area contributed by atoms with E-state index in [0.29, 0.717) is 5.52 Å². The molecule has 0 amide bonds. The zero-order valence-electron chi connectivity index (χ0n) is 8.64. The minimum atomic E-state index is -3.24. The standard InChI is InChI=1S/C10H12N2O2S/c1-3-15(13,14)10-11-8-6-4-5-7-9(8)12(10)2/h4-7H,3H2,1-2H3. The number of aryl methyl sites for hydroxylation is 1. The molecule has 0 unspecified atom stereocenters. The quantitative estimate of drug-likeness (QED) is 0.774. The minimum Gasteiger partial charge on any atom is -0.318 e. The second kappa shape index (κ2) is 3.34. The number of hydrogen-bond donors (Lipinski definition) is 0.